The first-order valence-electron chi connectivity index (χ1n) is 15.3. The van der Waals surface area contributed by atoms with Crippen molar-refractivity contribution in [1.29, 1.82) is 0 Å². The number of amides is 2. The number of hydrogen-bond donors (Lipinski definition) is 2. The average Bonchev–Trinajstić information content (AvgIpc) is 3.05. The van der Waals surface area contributed by atoms with Gasteiger partial charge < -0.3 is 15.5 Å². The molecule has 0 radical (unpaired) electrons. The molecule has 2 amide bonds. The molecular formula is C36H31ClF3N5O3. The molecule has 0 unspecified atom stereocenters. The Morgan fingerprint density at radius 2 is 1.65 bits per heavy atom. The summed E-state index contributed by atoms with van der Waals surface area (Å²) < 4.78 is 43.5. The van der Waals surface area contributed by atoms with Crippen molar-refractivity contribution in [3.05, 3.63) is 117 Å². The second kappa shape index (κ2) is 13.2. The molecule has 1 fully saturated rings. The zero-order valence-corrected chi connectivity index (χ0v) is 26.8. The summed E-state index contributed by atoms with van der Waals surface area (Å²) in [6.45, 7) is 4.09. The van der Waals surface area contributed by atoms with Crippen LogP contribution in [0, 0.1) is 6.92 Å². The first kappa shape index (κ1) is 32.8. The van der Waals surface area contributed by atoms with Crippen molar-refractivity contribution in [2.45, 2.75) is 38.9 Å². The number of nitrogens with zero attached hydrogens (tertiary/aromatic N) is 3. The lowest BCUT2D eigenvalue weighted by atomic mass is 9.99. The Morgan fingerprint density at radius 3 is 2.33 bits per heavy atom. The minimum absolute atomic E-state index is 0.0588. The number of anilines is 2. The van der Waals surface area contributed by atoms with Gasteiger partial charge in [-0.2, -0.15) is 13.2 Å². The Morgan fingerprint density at radius 1 is 0.917 bits per heavy atom. The lowest BCUT2D eigenvalue weighted by molar-refractivity contribution is -0.137. The van der Waals surface area contributed by atoms with Crippen LogP contribution >= 0.6 is 11.6 Å². The number of alkyl halides is 3. The maximum Gasteiger partial charge on any atom is 0.416 e. The van der Waals surface area contributed by atoms with Gasteiger partial charge in [-0.15, -0.1) is 0 Å². The van der Waals surface area contributed by atoms with E-state index in [1.165, 1.54) is 13.0 Å². The number of para-hydroxylation sites is 1. The Labute approximate surface area is 279 Å². The molecule has 0 saturated carbocycles. The molecule has 0 atom stereocenters. The fraction of sp³-hybridized carbons (Fsp3) is 0.222. The van der Waals surface area contributed by atoms with Crippen LogP contribution < -0.4 is 21.1 Å². The first-order chi connectivity index (χ1) is 22.9. The van der Waals surface area contributed by atoms with E-state index in [0.717, 1.165) is 17.7 Å². The predicted molar refractivity (Wildman–Crippen MR) is 181 cm³/mol. The molecule has 246 valence electrons. The van der Waals surface area contributed by atoms with Crippen LogP contribution in [0.15, 0.2) is 89.9 Å². The van der Waals surface area contributed by atoms with Crippen LogP contribution in [0.3, 0.4) is 0 Å². The standard InChI is InChI=1S/C36H31ClF3N5O3/c1-21-8-9-27(18-30(21)31-16-24-20-41-33(37)19-32(24)45(35(31)48)28-6-4-3-5-7-28)43-34(47)23-14-25(36(38,39)40)17-29(15-23)44-12-10-26(11-13-44)42-22(2)46/h3-9,14-20,26H,10-13H2,1-2H3,(H,42,46)(H,43,47). The third-order valence-corrected chi connectivity index (χ3v) is 8.63. The first-order valence-corrected chi connectivity index (χ1v) is 15.7. The molecule has 2 N–H and O–H groups in total. The van der Waals surface area contributed by atoms with E-state index in [4.69, 9.17) is 11.6 Å². The fourth-order valence-electron chi connectivity index (χ4n) is 6.06. The number of benzene rings is 3. The van der Waals surface area contributed by atoms with Crippen molar-refractivity contribution >= 4 is 45.7 Å². The lowest BCUT2D eigenvalue weighted by Crippen LogP contribution is -2.44. The van der Waals surface area contributed by atoms with Crippen molar-refractivity contribution in [1.82, 2.24) is 14.9 Å². The molecule has 0 bridgehead atoms. The molecule has 2 aromatic heterocycles. The van der Waals surface area contributed by atoms with Gasteiger partial charge in [-0.05, 0) is 79.4 Å². The highest BCUT2D eigenvalue weighted by molar-refractivity contribution is 6.30. The summed E-state index contributed by atoms with van der Waals surface area (Å²) in [6, 6.07) is 20.7. The maximum atomic E-state index is 14.1. The number of hydrogen-bond acceptors (Lipinski definition) is 5. The number of carbonyl (C=O) groups is 2. The van der Waals surface area contributed by atoms with Gasteiger partial charge >= 0.3 is 6.18 Å². The molecule has 12 heteroatoms. The molecule has 3 heterocycles. The van der Waals surface area contributed by atoms with Crippen molar-refractivity contribution in [2.24, 2.45) is 0 Å². The van der Waals surface area contributed by atoms with Gasteiger partial charge in [0.2, 0.25) is 5.91 Å². The minimum Gasteiger partial charge on any atom is -0.371 e. The van der Waals surface area contributed by atoms with Crippen LogP contribution in [0.5, 0.6) is 0 Å². The van der Waals surface area contributed by atoms with Gasteiger partial charge in [-0.1, -0.05) is 35.9 Å². The van der Waals surface area contributed by atoms with Gasteiger partial charge in [0.15, 0.2) is 0 Å². The van der Waals surface area contributed by atoms with E-state index in [-0.39, 0.29) is 33.9 Å². The van der Waals surface area contributed by atoms with Crippen molar-refractivity contribution in [3.8, 4) is 16.8 Å². The number of halogens is 4. The van der Waals surface area contributed by atoms with E-state index in [1.807, 2.05) is 25.1 Å². The quantitative estimate of drug-likeness (QED) is 0.183. The Hall–Kier alpha value is -5.16. The number of rotatable bonds is 6. The second-order valence-corrected chi connectivity index (χ2v) is 12.2. The monoisotopic (exact) mass is 673 g/mol. The van der Waals surface area contributed by atoms with Crippen LogP contribution in [0.25, 0.3) is 27.7 Å². The van der Waals surface area contributed by atoms with E-state index < -0.39 is 17.6 Å². The summed E-state index contributed by atoms with van der Waals surface area (Å²) in [5.74, 6) is -0.889. The topological polar surface area (TPSA) is 96.3 Å². The third kappa shape index (κ3) is 6.91. The molecule has 1 aliphatic rings. The molecule has 6 rings (SSSR count). The highest BCUT2D eigenvalue weighted by Gasteiger charge is 2.33. The summed E-state index contributed by atoms with van der Waals surface area (Å²) in [5.41, 5.74) is 1.95. The van der Waals surface area contributed by atoms with Crippen molar-refractivity contribution in [3.63, 3.8) is 0 Å². The zero-order chi connectivity index (χ0) is 34.2. The van der Waals surface area contributed by atoms with E-state index >= 15 is 0 Å². The van der Waals surface area contributed by atoms with E-state index in [2.05, 4.69) is 15.6 Å². The summed E-state index contributed by atoms with van der Waals surface area (Å²) in [4.78, 5) is 45.0. The van der Waals surface area contributed by atoms with E-state index in [9.17, 15) is 27.6 Å². The molecular weight excluding hydrogens is 643 g/mol. The van der Waals surface area contributed by atoms with Crippen molar-refractivity contribution < 1.29 is 22.8 Å². The van der Waals surface area contributed by atoms with Crippen molar-refractivity contribution in [2.75, 3.05) is 23.3 Å². The number of pyridine rings is 2. The van der Waals surface area contributed by atoms with Crippen LogP contribution in [-0.4, -0.2) is 40.5 Å². The average molecular weight is 674 g/mol. The molecule has 0 aliphatic carbocycles. The molecule has 1 saturated heterocycles. The summed E-state index contributed by atoms with van der Waals surface area (Å²) in [6.07, 6.45) is -1.97. The number of fused-ring (bicyclic) bond motifs is 1. The lowest BCUT2D eigenvalue weighted by Gasteiger charge is -2.34. The summed E-state index contributed by atoms with van der Waals surface area (Å²) in [7, 11) is 0. The Kier molecular flexibility index (Phi) is 8.98. The number of aryl methyl sites for hydroxylation is 1. The molecule has 8 nitrogen and oxygen atoms in total. The molecule has 5 aromatic rings. The highest BCUT2D eigenvalue weighted by atomic mass is 35.5. The number of aromatic nitrogens is 2. The number of nitrogens with one attached hydrogen (secondary N) is 2. The normalized spacial score (nSPS) is 13.8. The van der Waals surface area contributed by atoms with Gasteiger partial charge in [0, 0.05) is 71.9 Å². The van der Waals surface area contributed by atoms with Gasteiger partial charge in [0.25, 0.3) is 11.5 Å². The maximum absolute atomic E-state index is 14.1. The molecule has 3 aromatic carbocycles. The van der Waals surface area contributed by atoms with Crippen LogP contribution in [0.1, 0.15) is 41.3 Å². The number of carbonyl (C=O) groups excluding carboxylic acids is 2. The molecule has 48 heavy (non-hydrogen) atoms. The minimum atomic E-state index is -4.68. The summed E-state index contributed by atoms with van der Waals surface area (Å²) in [5, 5.41) is 6.47. The molecule has 0 spiro atoms. The largest absolute Gasteiger partial charge is 0.416 e. The predicted octanol–water partition coefficient (Wildman–Crippen LogP) is 7.39. The van der Waals surface area contributed by atoms with Gasteiger partial charge in [0.1, 0.15) is 5.15 Å². The van der Waals surface area contributed by atoms with Gasteiger partial charge in [-0.25, -0.2) is 4.98 Å². The fourth-order valence-corrected chi connectivity index (χ4v) is 6.21. The molecule has 1 aliphatic heterocycles. The van der Waals surface area contributed by atoms with Crippen LogP contribution in [-0.2, 0) is 11.0 Å². The Bertz CT molecular complexity index is 2090. The third-order valence-electron chi connectivity index (χ3n) is 8.43. The highest BCUT2D eigenvalue weighted by Crippen LogP contribution is 2.35. The zero-order valence-electron chi connectivity index (χ0n) is 26.1. The summed E-state index contributed by atoms with van der Waals surface area (Å²) >= 11 is 6.20. The smallest absolute Gasteiger partial charge is 0.371 e. The SMILES string of the molecule is CC(=O)NC1CCN(c2cc(C(=O)Nc3ccc(C)c(-c4cc5cnc(Cl)cc5n(-c5ccccc5)c4=O)c3)cc(C(F)(F)F)c2)CC1. The van der Waals surface area contributed by atoms with Gasteiger partial charge in [0.05, 0.1) is 11.1 Å². The van der Waals surface area contributed by atoms with E-state index in [1.54, 1.807) is 58.1 Å². The van der Waals surface area contributed by atoms with E-state index in [0.29, 0.717) is 59.3 Å². The Balaban J connectivity index is 1.35. The van der Waals surface area contributed by atoms with Crippen LogP contribution in [0.4, 0.5) is 24.5 Å². The number of piperidine rings is 1. The van der Waals surface area contributed by atoms with Crippen LogP contribution in [0.2, 0.25) is 5.15 Å². The second-order valence-electron chi connectivity index (χ2n) is 11.8. The van der Waals surface area contributed by atoms with Gasteiger partial charge in [-0.3, -0.25) is 19.0 Å².